The highest BCUT2D eigenvalue weighted by Crippen LogP contribution is 2.28. The third kappa shape index (κ3) is 6.49. The van der Waals surface area contributed by atoms with Gasteiger partial charge in [0.05, 0.1) is 13.2 Å². The second kappa shape index (κ2) is 10.1. The Morgan fingerprint density at radius 1 is 0.750 bits per heavy atom. The number of hydrogen-bond acceptors (Lipinski definition) is 2. The van der Waals surface area contributed by atoms with Crippen molar-refractivity contribution >= 4 is 0 Å². The number of hydrogen-bond donors (Lipinski definition) is 2. The molecule has 0 saturated heterocycles. The largest absolute Gasteiger partial charge is 0.396 e. The zero-order chi connectivity index (χ0) is 12.3. The van der Waals surface area contributed by atoms with Gasteiger partial charge in [0.25, 0.3) is 0 Å². The van der Waals surface area contributed by atoms with E-state index in [0.29, 0.717) is 0 Å². The monoisotopic (exact) mass is 230 g/mol. The second-order valence-corrected chi connectivity index (χ2v) is 5.04. The molecule has 2 N–H and O–H groups in total. The van der Waals surface area contributed by atoms with Gasteiger partial charge in [-0.05, 0) is 12.8 Å². The van der Waals surface area contributed by atoms with Crippen LogP contribution in [0.15, 0.2) is 0 Å². The molecule has 0 fully saturated rings. The molecule has 0 saturated carbocycles. The van der Waals surface area contributed by atoms with Crippen LogP contribution in [0.25, 0.3) is 0 Å². The van der Waals surface area contributed by atoms with Gasteiger partial charge in [0, 0.05) is 5.41 Å². The summed E-state index contributed by atoms with van der Waals surface area (Å²) in [5.41, 5.74) is -0.219. The molecule has 0 unspecified atom stereocenters. The average molecular weight is 230 g/mol. The topological polar surface area (TPSA) is 40.5 Å². The number of aliphatic hydroxyl groups is 2. The van der Waals surface area contributed by atoms with Crippen LogP contribution in [0.3, 0.4) is 0 Å². The lowest BCUT2D eigenvalue weighted by atomic mass is 9.81. The molecule has 0 aliphatic heterocycles. The van der Waals surface area contributed by atoms with Crippen LogP contribution in [0.1, 0.15) is 71.6 Å². The molecule has 0 rings (SSSR count). The quantitative estimate of drug-likeness (QED) is 0.533. The highest BCUT2D eigenvalue weighted by atomic mass is 16.3. The minimum atomic E-state index is -0.219. The third-order valence-corrected chi connectivity index (χ3v) is 3.73. The van der Waals surface area contributed by atoms with Crippen LogP contribution in [-0.4, -0.2) is 23.4 Å². The Morgan fingerprint density at radius 3 is 1.69 bits per heavy atom. The van der Waals surface area contributed by atoms with Gasteiger partial charge in [-0.1, -0.05) is 58.8 Å². The van der Waals surface area contributed by atoms with E-state index in [2.05, 4.69) is 6.92 Å². The highest BCUT2D eigenvalue weighted by Gasteiger charge is 2.25. The van der Waals surface area contributed by atoms with Gasteiger partial charge in [0.1, 0.15) is 0 Å². The molecule has 0 atom stereocenters. The first-order valence-corrected chi connectivity index (χ1v) is 6.96. The first-order chi connectivity index (χ1) is 7.74. The Hall–Kier alpha value is -0.0800. The number of unbranched alkanes of at least 4 members (excludes halogenated alkanes) is 6. The Bertz CT molecular complexity index is 133. The van der Waals surface area contributed by atoms with Crippen molar-refractivity contribution in [2.24, 2.45) is 5.41 Å². The normalized spacial score (nSPS) is 12.0. The maximum Gasteiger partial charge on any atom is 0.0509 e. The van der Waals surface area contributed by atoms with Crippen LogP contribution in [0.2, 0.25) is 0 Å². The van der Waals surface area contributed by atoms with Crippen LogP contribution < -0.4 is 0 Å². The van der Waals surface area contributed by atoms with Crippen molar-refractivity contribution in [3.8, 4) is 0 Å². The maximum atomic E-state index is 9.29. The summed E-state index contributed by atoms with van der Waals surface area (Å²) >= 11 is 0. The van der Waals surface area contributed by atoms with Crippen molar-refractivity contribution in [1.29, 1.82) is 0 Å². The van der Waals surface area contributed by atoms with Crippen LogP contribution in [0.4, 0.5) is 0 Å². The van der Waals surface area contributed by atoms with Crippen LogP contribution in [-0.2, 0) is 0 Å². The molecule has 2 nitrogen and oxygen atoms in total. The van der Waals surface area contributed by atoms with E-state index in [4.69, 9.17) is 0 Å². The summed E-state index contributed by atoms with van der Waals surface area (Å²) in [6.07, 6.45) is 10.9. The van der Waals surface area contributed by atoms with Gasteiger partial charge in [-0.3, -0.25) is 0 Å². The molecule has 0 aromatic carbocycles. The van der Waals surface area contributed by atoms with Crippen LogP contribution in [0, 0.1) is 5.41 Å². The van der Waals surface area contributed by atoms with E-state index < -0.39 is 0 Å². The maximum absolute atomic E-state index is 9.29. The molecule has 0 aliphatic rings. The molecule has 0 amide bonds. The summed E-state index contributed by atoms with van der Waals surface area (Å²) in [5, 5.41) is 18.6. The van der Waals surface area contributed by atoms with E-state index in [-0.39, 0.29) is 18.6 Å². The molecular weight excluding hydrogens is 200 g/mol. The van der Waals surface area contributed by atoms with Crippen molar-refractivity contribution < 1.29 is 10.2 Å². The van der Waals surface area contributed by atoms with Gasteiger partial charge < -0.3 is 10.2 Å². The standard InChI is InChI=1S/C14H30O2/c1-3-5-6-7-8-9-10-11-14(4-2,12-15)13-16/h15-16H,3-13H2,1-2H3. The van der Waals surface area contributed by atoms with Crippen molar-refractivity contribution in [3.05, 3.63) is 0 Å². The van der Waals surface area contributed by atoms with Crippen molar-refractivity contribution in [2.75, 3.05) is 13.2 Å². The Labute approximate surface area is 101 Å². The van der Waals surface area contributed by atoms with Gasteiger partial charge in [0.15, 0.2) is 0 Å². The molecule has 16 heavy (non-hydrogen) atoms. The lowest BCUT2D eigenvalue weighted by Gasteiger charge is -2.28. The van der Waals surface area contributed by atoms with Crippen molar-refractivity contribution in [1.82, 2.24) is 0 Å². The second-order valence-electron chi connectivity index (χ2n) is 5.04. The van der Waals surface area contributed by atoms with E-state index in [0.717, 1.165) is 19.3 Å². The average Bonchev–Trinajstić information content (AvgIpc) is 2.34. The minimum Gasteiger partial charge on any atom is -0.396 e. The van der Waals surface area contributed by atoms with E-state index in [1.165, 1.54) is 38.5 Å². The summed E-state index contributed by atoms with van der Waals surface area (Å²) < 4.78 is 0. The lowest BCUT2D eigenvalue weighted by molar-refractivity contribution is 0.0416. The molecule has 0 aromatic rings. The Morgan fingerprint density at radius 2 is 1.25 bits per heavy atom. The highest BCUT2D eigenvalue weighted by molar-refractivity contribution is 4.75. The molecule has 0 bridgehead atoms. The number of aliphatic hydroxyl groups excluding tert-OH is 2. The minimum absolute atomic E-state index is 0.121. The van der Waals surface area contributed by atoms with Crippen molar-refractivity contribution in [3.63, 3.8) is 0 Å². The lowest BCUT2D eigenvalue weighted by Crippen LogP contribution is -2.28. The molecule has 0 spiro atoms. The molecule has 2 heteroatoms. The Balaban J connectivity index is 3.48. The van der Waals surface area contributed by atoms with Gasteiger partial charge in [-0.25, -0.2) is 0 Å². The molecule has 0 aliphatic carbocycles. The zero-order valence-electron chi connectivity index (χ0n) is 11.2. The molecule has 0 aromatic heterocycles. The summed E-state index contributed by atoms with van der Waals surface area (Å²) in [6, 6.07) is 0. The van der Waals surface area contributed by atoms with E-state index in [1.54, 1.807) is 0 Å². The van der Waals surface area contributed by atoms with Crippen LogP contribution >= 0.6 is 0 Å². The molecule has 0 heterocycles. The smallest absolute Gasteiger partial charge is 0.0509 e. The zero-order valence-corrected chi connectivity index (χ0v) is 11.2. The summed E-state index contributed by atoms with van der Waals surface area (Å²) in [6.45, 7) is 4.53. The summed E-state index contributed by atoms with van der Waals surface area (Å²) in [4.78, 5) is 0. The predicted molar refractivity (Wildman–Crippen MR) is 69.5 cm³/mol. The number of rotatable bonds is 11. The van der Waals surface area contributed by atoms with Gasteiger partial charge in [0.2, 0.25) is 0 Å². The fourth-order valence-electron chi connectivity index (χ4n) is 2.07. The fraction of sp³-hybridized carbons (Fsp3) is 1.00. The van der Waals surface area contributed by atoms with E-state index in [1.807, 2.05) is 6.92 Å². The van der Waals surface area contributed by atoms with E-state index in [9.17, 15) is 10.2 Å². The predicted octanol–water partition coefficient (Wildman–Crippen LogP) is 3.51. The van der Waals surface area contributed by atoms with Gasteiger partial charge in [-0.2, -0.15) is 0 Å². The third-order valence-electron chi connectivity index (χ3n) is 3.73. The molecular formula is C14H30O2. The summed E-state index contributed by atoms with van der Waals surface area (Å²) in [7, 11) is 0. The Kier molecular flexibility index (Phi) is 10.0. The molecule has 98 valence electrons. The van der Waals surface area contributed by atoms with Crippen LogP contribution in [0.5, 0.6) is 0 Å². The first-order valence-electron chi connectivity index (χ1n) is 6.96. The van der Waals surface area contributed by atoms with E-state index >= 15 is 0 Å². The SMILES string of the molecule is CCCCCCCCCC(CC)(CO)CO. The van der Waals surface area contributed by atoms with Crippen molar-refractivity contribution in [2.45, 2.75) is 71.6 Å². The molecule has 0 radical (unpaired) electrons. The van der Waals surface area contributed by atoms with Gasteiger partial charge >= 0.3 is 0 Å². The summed E-state index contributed by atoms with van der Waals surface area (Å²) in [5.74, 6) is 0. The fourth-order valence-corrected chi connectivity index (χ4v) is 2.07. The van der Waals surface area contributed by atoms with Gasteiger partial charge in [-0.15, -0.1) is 0 Å². The first kappa shape index (κ1) is 15.9.